The van der Waals surface area contributed by atoms with Gasteiger partial charge in [-0.2, -0.15) is 0 Å². The van der Waals surface area contributed by atoms with Gasteiger partial charge in [0.25, 0.3) is 0 Å². The monoisotopic (exact) mass is 244 g/mol. The lowest BCUT2D eigenvalue weighted by atomic mass is 9.96. The van der Waals surface area contributed by atoms with Crippen LogP contribution in [0.1, 0.15) is 13.8 Å². The van der Waals surface area contributed by atoms with Gasteiger partial charge in [-0.05, 0) is 30.5 Å². The maximum Gasteiger partial charge on any atom is 0.164 e. The first-order chi connectivity index (χ1) is 7.56. The van der Waals surface area contributed by atoms with Gasteiger partial charge in [0.05, 0.1) is 10.7 Å². The Morgan fingerprint density at radius 3 is 2.69 bits per heavy atom. The molecule has 0 saturated carbocycles. The van der Waals surface area contributed by atoms with Crippen LogP contribution < -0.4 is 11.1 Å². The van der Waals surface area contributed by atoms with E-state index in [0.29, 0.717) is 30.6 Å². The van der Waals surface area contributed by atoms with Gasteiger partial charge in [-0.3, -0.25) is 0 Å². The largest absolute Gasteiger partial charge is 0.382 e. The van der Waals surface area contributed by atoms with E-state index in [0.717, 1.165) is 0 Å². The summed E-state index contributed by atoms with van der Waals surface area (Å²) in [4.78, 5) is 0. The van der Waals surface area contributed by atoms with Gasteiger partial charge in [-0.15, -0.1) is 0 Å². The third kappa shape index (κ3) is 3.35. The smallest absolute Gasteiger partial charge is 0.164 e. The molecule has 2 nitrogen and oxygen atoms in total. The Balaban J connectivity index is 2.64. The van der Waals surface area contributed by atoms with Crippen molar-refractivity contribution in [2.45, 2.75) is 13.8 Å². The number of nitrogens with two attached hydrogens (primary N) is 1. The molecule has 0 aliphatic carbocycles. The van der Waals surface area contributed by atoms with Gasteiger partial charge in [0, 0.05) is 6.54 Å². The van der Waals surface area contributed by atoms with Crippen LogP contribution in [0, 0.1) is 17.7 Å². The third-order valence-corrected chi connectivity index (χ3v) is 3.04. The second-order valence-corrected chi connectivity index (χ2v) is 4.63. The molecule has 4 heteroatoms. The first kappa shape index (κ1) is 13.3. The zero-order chi connectivity index (χ0) is 12.1. The molecule has 0 fully saturated rings. The number of benzene rings is 1. The standard InChI is InChI=1S/C12H18ClFN2/c1-8(2)9(6-15)7-16-11-5-3-4-10(13)12(11)14/h3-5,8-9,16H,6-7,15H2,1-2H3. The lowest BCUT2D eigenvalue weighted by molar-refractivity contribution is 0.412. The summed E-state index contributed by atoms with van der Waals surface area (Å²) in [6, 6.07) is 4.93. The average Bonchev–Trinajstić information content (AvgIpc) is 2.24. The van der Waals surface area contributed by atoms with Crippen LogP contribution in [-0.4, -0.2) is 13.1 Å². The molecule has 1 aromatic rings. The lowest BCUT2D eigenvalue weighted by Gasteiger charge is -2.20. The Hall–Kier alpha value is -0.800. The molecule has 0 aromatic heterocycles. The van der Waals surface area contributed by atoms with E-state index in [1.54, 1.807) is 12.1 Å². The zero-order valence-electron chi connectivity index (χ0n) is 9.63. The fourth-order valence-corrected chi connectivity index (χ4v) is 1.65. The highest BCUT2D eigenvalue weighted by atomic mass is 35.5. The molecule has 0 saturated heterocycles. The molecule has 90 valence electrons. The van der Waals surface area contributed by atoms with Crippen LogP contribution in [0.25, 0.3) is 0 Å². The van der Waals surface area contributed by atoms with Gasteiger partial charge in [-0.1, -0.05) is 31.5 Å². The highest BCUT2D eigenvalue weighted by molar-refractivity contribution is 6.31. The summed E-state index contributed by atoms with van der Waals surface area (Å²) in [7, 11) is 0. The molecule has 3 N–H and O–H groups in total. The molecule has 0 spiro atoms. The Bertz CT molecular complexity index is 342. The van der Waals surface area contributed by atoms with E-state index in [2.05, 4.69) is 19.2 Å². The fourth-order valence-electron chi connectivity index (χ4n) is 1.47. The van der Waals surface area contributed by atoms with Gasteiger partial charge in [0.1, 0.15) is 0 Å². The molecule has 1 aromatic carbocycles. The quantitative estimate of drug-likeness (QED) is 0.835. The second-order valence-electron chi connectivity index (χ2n) is 4.22. The van der Waals surface area contributed by atoms with E-state index in [-0.39, 0.29) is 5.02 Å². The minimum absolute atomic E-state index is 0.138. The number of anilines is 1. The molecule has 0 radical (unpaired) electrons. The summed E-state index contributed by atoms with van der Waals surface area (Å²) in [6.45, 7) is 5.46. The predicted octanol–water partition coefficient (Wildman–Crippen LogP) is 3.12. The van der Waals surface area contributed by atoms with E-state index in [4.69, 9.17) is 17.3 Å². The lowest BCUT2D eigenvalue weighted by Crippen LogP contribution is -2.27. The van der Waals surface area contributed by atoms with E-state index in [9.17, 15) is 4.39 Å². The maximum absolute atomic E-state index is 13.5. The number of rotatable bonds is 5. The Morgan fingerprint density at radius 1 is 1.44 bits per heavy atom. The highest BCUT2D eigenvalue weighted by Crippen LogP contribution is 2.22. The fraction of sp³-hybridized carbons (Fsp3) is 0.500. The number of halogens is 2. The average molecular weight is 245 g/mol. The predicted molar refractivity (Wildman–Crippen MR) is 67.3 cm³/mol. The molecule has 1 atom stereocenters. The molecule has 0 bridgehead atoms. The normalized spacial score (nSPS) is 12.9. The molecule has 0 aliphatic rings. The summed E-state index contributed by atoms with van der Waals surface area (Å²) < 4.78 is 13.5. The van der Waals surface area contributed by atoms with Gasteiger partial charge in [0.2, 0.25) is 0 Å². The van der Waals surface area contributed by atoms with Crippen molar-refractivity contribution in [3.63, 3.8) is 0 Å². The second kappa shape index (κ2) is 6.06. The van der Waals surface area contributed by atoms with Crippen LogP contribution in [0.4, 0.5) is 10.1 Å². The van der Waals surface area contributed by atoms with Crippen molar-refractivity contribution >= 4 is 17.3 Å². The molecular weight excluding hydrogens is 227 g/mol. The molecule has 1 unspecified atom stereocenters. The summed E-state index contributed by atoms with van der Waals surface area (Å²) in [5, 5.41) is 3.18. The van der Waals surface area contributed by atoms with Crippen molar-refractivity contribution in [2.75, 3.05) is 18.4 Å². The topological polar surface area (TPSA) is 38.0 Å². The minimum Gasteiger partial charge on any atom is -0.382 e. The zero-order valence-corrected chi connectivity index (χ0v) is 10.4. The summed E-state index contributed by atoms with van der Waals surface area (Å²) >= 11 is 5.69. The highest BCUT2D eigenvalue weighted by Gasteiger charge is 2.12. The van der Waals surface area contributed by atoms with Gasteiger partial charge >= 0.3 is 0 Å². The first-order valence-corrected chi connectivity index (χ1v) is 5.82. The van der Waals surface area contributed by atoms with E-state index >= 15 is 0 Å². The van der Waals surface area contributed by atoms with Gasteiger partial charge in [0.15, 0.2) is 5.82 Å². The molecular formula is C12H18ClFN2. The van der Waals surface area contributed by atoms with Crippen molar-refractivity contribution in [1.29, 1.82) is 0 Å². The van der Waals surface area contributed by atoms with Crippen LogP contribution >= 0.6 is 11.6 Å². The molecule has 0 amide bonds. The van der Waals surface area contributed by atoms with Crippen molar-refractivity contribution < 1.29 is 4.39 Å². The van der Waals surface area contributed by atoms with Crippen molar-refractivity contribution in [1.82, 2.24) is 0 Å². The van der Waals surface area contributed by atoms with E-state index < -0.39 is 5.82 Å². The summed E-state index contributed by atoms with van der Waals surface area (Å²) in [5.41, 5.74) is 6.08. The van der Waals surface area contributed by atoms with Crippen LogP contribution in [-0.2, 0) is 0 Å². The first-order valence-electron chi connectivity index (χ1n) is 5.44. The number of hydrogen-bond donors (Lipinski definition) is 2. The Labute approximate surface area is 101 Å². The number of hydrogen-bond acceptors (Lipinski definition) is 2. The van der Waals surface area contributed by atoms with Gasteiger partial charge < -0.3 is 11.1 Å². The van der Waals surface area contributed by atoms with Gasteiger partial charge in [-0.25, -0.2) is 4.39 Å². The molecule has 1 rings (SSSR count). The van der Waals surface area contributed by atoms with Crippen LogP contribution in [0.15, 0.2) is 18.2 Å². The Morgan fingerprint density at radius 2 is 2.12 bits per heavy atom. The van der Waals surface area contributed by atoms with Crippen LogP contribution in [0.3, 0.4) is 0 Å². The number of nitrogens with one attached hydrogen (secondary N) is 1. The van der Waals surface area contributed by atoms with Crippen molar-refractivity contribution in [3.8, 4) is 0 Å². The van der Waals surface area contributed by atoms with Crippen LogP contribution in [0.2, 0.25) is 5.02 Å². The molecule has 16 heavy (non-hydrogen) atoms. The third-order valence-electron chi connectivity index (χ3n) is 2.75. The maximum atomic E-state index is 13.5. The minimum atomic E-state index is -0.399. The Kier molecular flexibility index (Phi) is 5.03. The van der Waals surface area contributed by atoms with Crippen molar-refractivity contribution in [2.24, 2.45) is 17.6 Å². The summed E-state index contributed by atoms with van der Waals surface area (Å²) in [6.07, 6.45) is 0. The summed E-state index contributed by atoms with van der Waals surface area (Å²) in [5.74, 6) is 0.404. The van der Waals surface area contributed by atoms with Crippen LogP contribution in [0.5, 0.6) is 0 Å². The van der Waals surface area contributed by atoms with Crippen molar-refractivity contribution in [3.05, 3.63) is 29.0 Å². The molecule has 0 heterocycles. The van der Waals surface area contributed by atoms with E-state index in [1.807, 2.05) is 0 Å². The van der Waals surface area contributed by atoms with E-state index in [1.165, 1.54) is 6.07 Å². The SMILES string of the molecule is CC(C)C(CN)CNc1cccc(Cl)c1F. The molecule has 0 aliphatic heterocycles.